The monoisotopic (exact) mass is 331 g/mol. The van der Waals surface area contributed by atoms with E-state index in [1.807, 2.05) is 13.1 Å². The zero-order valence-corrected chi connectivity index (χ0v) is 14.6. The van der Waals surface area contributed by atoms with Crippen LogP contribution in [-0.2, 0) is 16.4 Å². The lowest BCUT2D eigenvalue weighted by Crippen LogP contribution is -2.51. The van der Waals surface area contributed by atoms with Crippen LogP contribution < -0.4 is 5.32 Å². The first-order chi connectivity index (χ1) is 9.95. The van der Waals surface area contributed by atoms with Gasteiger partial charge in [0.15, 0.2) is 0 Å². The highest BCUT2D eigenvalue weighted by molar-refractivity contribution is 7.91. The number of nitrogens with one attached hydrogen (secondary N) is 1. The van der Waals surface area contributed by atoms with Crippen molar-refractivity contribution in [1.29, 1.82) is 0 Å². The second-order valence-corrected chi connectivity index (χ2v) is 8.85. The molecule has 0 spiro atoms. The quantitative estimate of drug-likeness (QED) is 0.797. The van der Waals surface area contributed by atoms with Gasteiger partial charge in [-0.2, -0.15) is 4.31 Å². The molecule has 2 heterocycles. The van der Waals surface area contributed by atoms with Crippen molar-refractivity contribution in [2.75, 3.05) is 39.8 Å². The van der Waals surface area contributed by atoms with Crippen LogP contribution in [-0.4, -0.2) is 63.4 Å². The van der Waals surface area contributed by atoms with E-state index in [-0.39, 0.29) is 6.04 Å². The molecule has 2 rings (SSSR count). The van der Waals surface area contributed by atoms with Gasteiger partial charge in [0.2, 0.25) is 0 Å². The van der Waals surface area contributed by atoms with Gasteiger partial charge in [0.1, 0.15) is 4.21 Å². The molecule has 1 aromatic heterocycles. The number of likely N-dealkylation sites (N-methyl/N-ethyl adjacent to an activating group) is 2. The highest BCUT2D eigenvalue weighted by Crippen LogP contribution is 2.26. The number of hydrogen-bond donors (Lipinski definition) is 1. The Bertz CT molecular complexity index is 556. The summed E-state index contributed by atoms with van der Waals surface area (Å²) in [7, 11) is -1.28. The highest BCUT2D eigenvalue weighted by Gasteiger charge is 2.31. The molecule has 0 bridgehead atoms. The van der Waals surface area contributed by atoms with E-state index in [0.29, 0.717) is 17.3 Å². The first kappa shape index (κ1) is 16.9. The molecule has 1 aromatic rings. The summed E-state index contributed by atoms with van der Waals surface area (Å²) in [6, 6.07) is 3.96. The molecule has 0 saturated carbocycles. The molecule has 1 N–H and O–H groups in total. The summed E-state index contributed by atoms with van der Waals surface area (Å²) in [5.41, 5.74) is 0. The van der Waals surface area contributed by atoms with E-state index in [9.17, 15) is 8.42 Å². The smallest absolute Gasteiger partial charge is 0.252 e. The molecule has 1 fully saturated rings. The molecule has 1 unspecified atom stereocenters. The summed E-state index contributed by atoms with van der Waals surface area (Å²) in [5, 5.41) is 3.26. The highest BCUT2D eigenvalue weighted by atomic mass is 32.2. The van der Waals surface area contributed by atoms with Crippen LogP contribution in [0.2, 0.25) is 0 Å². The number of sulfonamides is 1. The van der Waals surface area contributed by atoms with Crippen LogP contribution in [0.5, 0.6) is 0 Å². The first-order valence-electron chi connectivity index (χ1n) is 7.45. The Balaban J connectivity index is 2.06. The maximum Gasteiger partial charge on any atom is 0.252 e. The maximum absolute atomic E-state index is 12.7. The van der Waals surface area contributed by atoms with Crippen molar-refractivity contribution in [2.24, 2.45) is 0 Å². The van der Waals surface area contributed by atoms with Gasteiger partial charge in [-0.1, -0.05) is 6.92 Å². The number of piperazine rings is 1. The van der Waals surface area contributed by atoms with Crippen molar-refractivity contribution in [3.63, 3.8) is 0 Å². The molecule has 1 aliphatic heterocycles. The van der Waals surface area contributed by atoms with Gasteiger partial charge in [-0.3, -0.25) is 0 Å². The third kappa shape index (κ3) is 4.04. The van der Waals surface area contributed by atoms with Gasteiger partial charge in [0.25, 0.3) is 10.0 Å². The van der Waals surface area contributed by atoms with Crippen LogP contribution in [0.25, 0.3) is 0 Å². The Morgan fingerprint density at radius 1 is 1.38 bits per heavy atom. The fourth-order valence-electron chi connectivity index (χ4n) is 2.38. The van der Waals surface area contributed by atoms with Crippen LogP contribution >= 0.6 is 11.3 Å². The molecule has 0 radical (unpaired) electrons. The molecule has 1 aliphatic rings. The van der Waals surface area contributed by atoms with Crippen molar-refractivity contribution in [1.82, 2.24) is 14.5 Å². The molecule has 0 amide bonds. The van der Waals surface area contributed by atoms with Crippen LogP contribution in [0.4, 0.5) is 0 Å². The average molecular weight is 332 g/mol. The van der Waals surface area contributed by atoms with Crippen molar-refractivity contribution < 1.29 is 8.42 Å². The van der Waals surface area contributed by atoms with Gasteiger partial charge in [0, 0.05) is 30.6 Å². The van der Waals surface area contributed by atoms with Crippen LogP contribution in [0.3, 0.4) is 0 Å². The van der Waals surface area contributed by atoms with Crippen LogP contribution in [0.1, 0.15) is 18.7 Å². The Hall–Kier alpha value is -0.470. The van der Waals surface area contributed by atoms with Gasteiger partial charge in [-0.25, -0.2) is 8.42 Å². The van der Waals surface area contributed by atoms with Crippen LogP contribution in [0.15, 0.2) is 16.3 Å². The Morgan fingerprint density at radius 2 is 2.14 bits per heavy atom. The van der Waals surface area contributed by atoms with Gasteiger partial charge >= 0.3 is 0 Å². The van der Waals surface area contributed by atoms with E-state index in [1.165, 1.54) is 11.3 Å². The summed E-state index contributed by atoms with van der Waals surface area (Å²) < 4.78 is 27.5. The van der Waals surface area contributed by atoms with E-state index in [2.05, 4.69) is 24.1 Å². The molecule has 1 saturated heterocycles. The molecule has 120 valence electrons. The van der Waals surface area contributed by atoms with Gasteiger partial charge in [-0.15, -0.1) is 11.3 Å². The standard InChI is InChI=1S/C14H25N3O2S2/c1-4-15-8-7-13-5-6-14(20-13)21(18,19)17-10-9-16(3)12(2)11-17/h5-6,12,15H,4,7-11H2,1-3H3. The Kier molecular flexibility index (Phi) is 5.79. The zero-order chi connectivity index (χ0) is 15.5. The Labute approximate surface area is 132 Å². The lowest BCUT2D eigenvalue weighted by Gasteiger charge is -2.36. The topological polar surface area (TPSA) is 52.7 Å². The van der Waals surface area contributed by atoms with Crippen molar-refractivity contribution in [3.05, 3.63) is 17.0 Å². The van der Waals surface area contributed by atoms with Crippen molar-refractivity contribution >= 4 is 21.4 Å². The van der Waals surface area contributed by atoms with Crippen molar-refractivity contribution in [3.8, 4) is 0 Å². The fourth-order valence-corrected chi connectivity index (χ4v) is 5.40. The third-order valence-corrected chi connectivity index (χ3v) is 7.43. The Morgan fingerprint density at radius 3 is 2.81 bits per heavy atom. The minimum absolute atomic E-state index is 0.265. The van der Waals surface area contributed by atoms with Gasteiger partial charge < -0.3 is 10.2 Å². The molecular formula is C14H25N3O2S2. The molecule has 0 aromatic carbocycles. The summed E-state index contributed by atoms with van der Waals surface area (Å²) in [4.78, 5) is 3.32. The van der Waals surface area contributed by atoms with Crippen LogP contribution in [0, 0.1) is 0 Å². The minimum atomic E-state index is -3.32. The summed E-state index contributed by atoms with van der Waals surface area (Å²) >= 11 is 1.40. The predicted molar refractivity (Wildman–Crippen MR) is 87.4 cm³/mol. The largest absolute Gasteiger partial charge is 0.317 e. The summed E-state index contributed by atoms with van der Waals surface area (Å²) in [6.45, 7) is 7.91. The number of nitrogens with zero attached hydrogens (tertiary/aromatic N) is 2. The number of rotatable bonds is 6. The third-order valence-electron chi connectivity index (χ3n) is 3.95. The molecule has 1 atom stereocenters. The number of hydrogen-bond acceptors (Lipinski definition) is 5. The predicted octanol–water partition coefficient (Wildman–Crippen LogP) is 1.22. The molecular weight excluding hydrogens is 306 g/mol. The van der Waals surface area contributed by atoms with E-state index in [0.717, 1.165) is 30.9 Å². The second-order valence-electron chi connectivity index (χ2n) is 5.52. The fraction of sp³-hybridized carbons (Fsp3) is 0.714. The lowest BCUT2D eigenvalue weighted by atomic mass is 10.2. The lowest BCUT2D eigenvalue weighted by molar-refractivity contribution is 0.160. The molecule has 7 heteroatoms. The summed E-state index contributed by atoms with van der Waals surface area (Å²) in [6.07, 6.45) is 0.882. The SMILES string of the molecule is CCNCCc1ccc(S(=O)(=O)N2CCN(C)C(C)C2)s1. The number of thiophene rings is 1. The molecule has 0 aliphatic carbocycles. The zero-order valence-electron chi connectivity index (χ0n) is 13.0. The normalized spacial score (nSPS) is 21.8. The average Bonchev–Trinajstić information content (AvgIpc) is 2.91. The van der Waals surface area contributed by atoms with Gasteiger partial charge in [-0.05, 0) is 45.6 Å². The van der Waals surface area contributed by atoms with E-state index in [4.69, 9.17) is 0 Å². The van der Waals surface area contributed by atoms with Gasteiger partial charge in [0.05, 0.1) is 0 Å². The summed E-state index contributed by atoms with van der Waals surface area (Å²) in [5.74, 6) is 0. The van der Waals surface area contributed by atoms with E-state index < -0.39 is 10.0 Å². The molecule has 21 heavy (non-hydrogen) atoms. The van der Waals surface area contributed by atoms with E-state index >= 15 is 0 Å². The second kappa shape index (κ2) is 7.19. The maximum atomic E-state index is 12.7. The van der Waals surface area contributed by atoms with Crippen molar-refractivity contribution in [2.45, 2.75) is 30.5 Å². The molecule has 5 nitrogen and oxygen atoms in total. The minimum Gasteiger partial charge on any atom is -0.317 e. The first-order valence-corrected chi connectivity index (χ1v) is 9.70. The van der Waals surface area contributed by atoms with E-state index in [1.54, 1.807) is 10.4 Å².